The smallest absolute Gasteiger partial charge is 0.242 e. The van der Waals surface area contributed by atoms with Crippen molar-refractivity contribution < 1.29 is 9.90 Å². The van der Waals surface area contributed by atoms with Crippen LogP contribution in [0.2, 0.25) is 0 Å². The van der Waals surface area contributed by atoms with Gasteiger partial charge >= 0.3 is 0 Å². The van der Waals surface area contributed by atoms with Crippen molar-refractivity contribution in [2.24, 2.45) is 0 Å². The molecule has 1 fully saturated rings. The van der Waals surface area contributed by atoms with Crippen LogP contribution in [0.1, 0.15) is 31.4 Å². The number of nitrogens with zero attached hydrogens (tertiary/aromatic N) is 1. The Labute approximate surface area is 137 Å². The molecule has 1 aliphatic heterocycles. The molecule has 5 heteroatoms. The summed E-state index contributed by atoms with van der Waals surface area (Å²) in [5.41, 5.74) is 1.06. The van der Waals surface area contributed by atoms with E-state index in [9.17, 15) is 4.79 Å². The molecule has 1 aromatic carbocycles. The van der Waals surface area contributed by atoms with Gasteiger partial charge in [-0.25, -0.2) is 0 Å². The number of amides is 1. The topological polar surface area (TPSA) is 52.6 Å². The Hall–Kier alpha value is -1.04. The van der Waals surface area contributed by atoms with Gasteiger partial charge in [-0.05, 0) is 25.3 Å². The normalized spacial score (nSPS) is 18.6. The minimum Gasteiger partial charge on any atom is -0.396 e. The van der Waals surface area contributed by atoms with E-state index in [1.807, 2.05) is 49.0 Å². The lowest BCUT2D eigenvalue weighted by molar-refractivity contribution is -0.127. The van der Waals surface area contributed by atoms with E-state index >= 15 is 0 Å². The zero-order chi connectivity index (χ0) is 15.8. The number of aliphatic hydroxyl groups excluding tert-OH is 1. The summed E-state index contributed by atoms with van der Waals surface area (Å²) in [5, 5.41) is 12.0. The number of nitrogens with one attached hydrogen (secondary N) is 1. The average Bonchev–Trinajstić information content (AvgIpc) is 2.55. The number of benzene rings is 1. The van der Waals surface area contributed by atoms with Gasteiger partial charge in [0.15, 0.2) is 0 Å². The number of rotatable bonds is 7. The van der Waals surface area contributed by atoms with Gasteiger partial charge in [-0.1, -0.05) is 30.3 Å². The van der Waals surface area contributed by atoms with Crippen LogP contribution in [0.4, 0.5) is 0 Å². The minimum atomic E-state index is -0.210. The monoisotopic (exact) mass is 322 g/mol. The highest BCUT2D eigenvalue weighted by molar-refractivity contribution is 7.99. The quantitative estimate of drug-likeness (QED) is 0.807. The molecule has 2 N–H and O–H groups in total. The predicted molar refractivity (Wildman–Crippen MR) is 92.0 cm³/mol. The van der Waals surface area contributed by atoms with Crippen molar-refractivity contribution in [3.05, 3.63) is 35.9 Å². The highest BCUT2D eigenvalue weighted by Gasteiger charge is 2.29. The highest BCUT2D eigenvalue weighted by atomic mass is 32.2. The first-order valence-electron chi connectivity index (χ1n) is 8.00. The summed E-state index contributed by atoms with van der Waals surface area (Å²) in [5.74, 6) is 2.23. The number of hydrogen-bond acceptors (Lipinski definition) is 4. The summed E-state index contributed by atoms with van der Waals surface area (Å²) in [6, 6.07) is 9.90. The van der Waals surface area contributed by atoms with Crippen molar-refractivity contribution in [3.63, 3.8) is 0 Å². The molecule has 2 atom stereocenters. The summed E-state index contributed by atoms with van der Waals surface area (Å²) in [6.07, 6.45) is 1.53. The maximum atomic E-state index is 12.8. The fraction of sp³-hybridized carbons (Fsp3) is 0.588. The molecule has 122 valence electrons. The summed E-state index contributed by atoms with van der Waals surface area (Å²) in [7, 11) is 0. The van der Waals surface area contributed by atoms with Gasteiger partial charge in [0.2, 0.25) is 5.91 Å². The lowest BCUT2D eigenvalue weighted by Gasteiger charge is -2.34. The Morgan fingerprint density at radius 3 is 2.64 bits per heavy atom. The second kappa shape index (κ2) is 9.18. The molecule has 2 rings (SSSR count). The standard InChI is InChI=1S/C17H26N2O2S/c1-14(6-5-11-20)18-17(21)16(15-7-3-2-4-8-15)19-9-12-22-13-10-19/h2-4,7-8,14,16,20H,5-6,9-13H2,1H3,(H,18,21). The molecule has 1 saturated heterocycles. The molecule has 0 aliphatic carbocycles. The summed E-state index contributed by atoms with van der Waals surface area (Å²) in [4.78, 5) is 15.1. The van der Waals surface area contributed by atoms with Gasteiger partial charge in [0.1, 0.15) is 6.04 Å². The Kier molecular flexibility index (Phi) is 7.22. The Morgan fingerprint density at radius 2 is 2.00 bits per heavy atom. The molecule has 0 saturated carbocycles. The Morgan fingerprint density at radius 1 is 1.32 bits per heavy atom. The average molecular weight is 322 g/mol. The van der Waals surface area contributed by atoms with E-state index in [2.05, 4.69) is 10.2 Å². The largest absolute Gasteiger partial charge is 0.396 e. The fourth-order valence-electron chi connectivity index (χ4n) is 2.79. The van der Waals surface area contributed by atoms with Crippen LogP contribution >= 0.6 is 11.8 Å². The Balaban J connectivity index is 2.08. The van der Waals surface area contributed by atoms with Gasteiger partial charge in [-0.2, -0.15) is 11.8 Å². The van der Waals surface area contributed by atoms with Crippen molar-refractivity contribution in [3.8, 4) is 0 Å². The van der Waals surface area contributed by atoms with Gasteiger partial charge in [-0.3, -0.25) is 9.69 Å². The maximum Gasteiger partial charge on any atom is 0.242 e. The maximum absolute atomic E-state index is 12.8. The molecule has 1 aliphatic rings. The molecular formula is C17H26N2O2S. The highest BCUT2D eigenvalue weighted by Crippen LogP contribution is 2.24. The second-order valence-electron chi connectivity index (χ2n) is 5.74. The van der Waals surface area contributed by atoms with E-state index < -0.39 is 0 Å². The van der Waals surface area contributed by atoms with Crippen LogP contribution < -0.4 is 5.32 Å². The zero-order valence-electron chi connectivity index (χ0n) is 13.2. The van der Waals surface area contributed by atoms with Gasteiger partial charge in [0.25, 0.3) is 0 Å². The first-order valence-corrected chi connectivity index (χ1v) is 9.16. The number of carbonyl (C=O) groups is 1. The van der Waals surface area contributed by atoms with Crippen molar-refractivity contribution in [2.75, 3.05) is 31.2 Å². The van der Waals surface area contributed by atoms with E-state index in [1.165, 1.54) is 0 Å². The lowest BCUT2D eigenvalue weighted by atomic mass is 10.0. The molecule has 2 unspecified atom stereocenters. The van der Waals surface area contributed by atoms with Crippen LogP contribution in [-0.4, -0.2) is 53.2 Å². The Bertz CT molecular complexity index is 449. The molecule has 22 heavy (non-hydrogen) atoms. The van der Waals surface area contributed by atoms with E-state index in [0.29, 0.717) is 0 Å². The molecule has 0 spiro atoms. The third kappa shape index (κ3) is 5.00. The minimum absolute atomic E-state index is 0.0727. The van der Waals surface area contributed by atoms with Crippen LogP contribution in [0, 0.1) is 0 Å². The fourth-order valence-corrected chi connectivity index (χ4v) is 3.72. The van der Waals surface area contributed by atoms with E-state index in [0.717, 1.165) is 43.0 Å². The van der Waals surface area contributed by atoms with E-state index in [1.54, 1.807) is 0 Å². The first-order chi connectivity index (χ1) is 10.7. The van der Waals surface area contributed by atoms with Crippen LogP contribution in [0.25, 0.3) is 0 Å². The van der Waals surface area contributed by atoms with Crippen LogP contribution in [0.5, 0.6) is 0 Å². The molecule has 0 aromatic heterocycles. The van der Waals surface area contributed by atoms with Gasteiger partial charge in [-0.15, -0.1) is 0 Å². The summed E-state index contributed by atoms with van der Waals surface area (Å²) >= 11 is 1.95. The molecular weight excluding hydrogens is 296 g/mol. The zero-order valence-corrected chi connectivity index (χ0v) is 14.0. The SMILES string of the molecule is CC(CCCO)NC(=O)C(c1ccccc1)N1CCSCC1. The summed E-state index contributed by atoms with van der Waals surface area (Å²) in [6.45, 7) is 4.07. The van der Waals surface area contributed by atoms with Crippen LogP contribution in [-0.2, 0) is 4.79 Å². The van der Waals surface area contributed by atoms with Crippen molar-refractivity contribution >= 4 is 17.7 Å². The van der Waals surface area contributed by atoms with Crippen molar-refractivity contribution in [2.45, 2.75) is 31.8 Å². The van der Waals surface area contributed by atoms with Crippen LogP contribution in [0.3, 0.4) is 0 Å². The summed E-state index contributed by atoms with van der Waals surface area (Å²) < 4.78 is 0. The third-order valence-corrected chi connectivity index (χ3v) is 4.90. The third-order valence-electron chi connectivity index (χ3n) is 3.96. The molecule has 0 radical (unpaired) electrons. The second-order valence-corrected chi connectivity index (χ2v) is 6.96. The molecule has 1 heterocycles. The predicted octanol–water partition coefficient (Wildman–Crippen LogP) is 2.05. The molecule has 4 nitrogen and oxygen atoms in total. The van der Waals surface area contributed by atoms with Gasteiger partial charge in [0.05, 0.1) is 0 Å². The lowest BCUT2D eigenvalue weighted by Crippen LogP contribution is -2.46. The van der Waals surface area contributed by atoms with E-state index in [-0.39, 0.29) is 24.6 Å². The molecule has 1 aromatic rings. The molecule has 1 amide bonds. The van der Waals surface area contributed by atoms with Crippen molar-refractivity contribution in [1.29, 1.82) is 0 Å². The molecule has 0 bridgehead atoms. The number of hydrogen-bond donors (Lipinski definition) is 2. The van der Waals surface area contributed by atoms with E-state index in [4.69, 9.17) is 5.11 Å². The first kappa shape index (κ1) is 17.3. The van der Waals surface area contributed by atoms with Crippen molar-refractivity contribution in [1.82, 2.24) is 10.2 Å². The van der Waals surface area contributed by atoms with Gasteiger partial charge in [0, 0.05) is 37.2 Å². The van der Waals surface area contributed by atoms with Gasteiger partial charge < -0.3 is 10.4 Å². The van der Waals surface area contributed by atoms with Crippen LogP contribution in [0.15, 0.2) is 30.3 Å². The number of aliphatic hydroxyl groups is 1. The number of carbonyl (C=O) groups excluding carboxylic acids is 1. The number of thioether (sulfide) groups is 1.